The summed E-state index contributed by atoms with van der Waals surface area (Å²) in [5.41, 5.74) is 0. The second kappa shape index (κ2) is 4.67. The van der Waals surface area contributed by atoms with Gasteiger partial charge in [-0.05, 0) is 12.8 Å². The second-order valence-corrected chi connectivity index (χ2v) is 1.93. The molecule has 1 nitrogen and oxygen atoms in total. The molecule has 0 aliphatic heterocycles. The van der Waals surface area contributed by atoms with Crippen LogP contribution in [0.4, 0.5) is 0 Å². The molecule has 1 atom stereocenters. The summed E-state index contributed by atoms with van der Waals surface area (Å²) < 4.78 is 0. The normalized spacial score (nSPS) is 12.6. The molecule has 0 aromatic carbocycles. The predicted molar refractivity (Wildman–Crippen MR) is 34.3 cm³/mol. The molecule has 46 valence electrons. The highest BCUT2D eigenvalue weighted by molar-refractivity contribution is 4.89. The Morgan fingerprint density at radius 2 is 2.38 bits per heavy atom. The Labute approximate surface area is 50.7 Å². The molecular weight excluding hydrogens is 100 g/mol. The SMILES string of the molecule is C#CC(C)CCCO. The van der Waals surface area contributed by atoms with Gasteiger partial charge in [0, 0.05) is 12.5 Å². The first-order valence-electron chi connectivity index (χ1n) is 2.88. The third-order valence-electron chi connectivity index (χ3n) is 1.08. The van der Waals surface area contributed by atoms with E-state index in [1.54, 1.807) is 0 Å². The highest BCUT2D eigenvalue weighted by atomic mass is 16.2. The molecule has 0 aromatic rings. The minimum absolute atomic E-state index is 0.256. The highest BCUT2D eigenvalue weighted by Gasteiger charge is 1.92. The van der Waals surface area contributed by atoms with Gasteiger partial charge >= 0.3 is 0 Å². The van der Waals surface area contributed by atoms with Gasteiger partial charge in [-0.25, -0.2) is 0 Å². The topological polar surface area (TPSA) is 20.2 Å². The molecule has 0 amide bonds. The molecule has 8 heavy (non-hydrogen) atoms. The number of rotatable bonds is 3. The minimum atomic E-state index is 0.256. The van der Waals surface area contributed by atoms with Gasteiger partial charge in [0.15, 0.2) is 0 Å². The van der Waals surface area contributed by atoms with Crippen molar-refractivity contribution >= 4 is 0 Å². The molecule has 0 rings (SSSR count). The Balaban J connectivity index is 3.02. The smallest absolute Gasteiger partial charge is 0.0431 e. The van der Waals surface area contributed by atoms with Crippen LogP contribution in [0.3, 0.4) is 0 Å². The Morgan fingerprint density at radius 3 is 2.75 bits per heavy atom. The van der Waals surface area contributed by atoms with Crippen LogP contribution in [0.15, 0.2) is 0 Å². The van der Waals surface area contributed by atoms with Gasteiger partial charge in [-0.2, -0.15) is 0 Å². The maximum Gasteiger partial charge on any atom is 0.0431 e. The summed E-state index contributed by atoms with van der Waals surface area (Å²) in [6, 6.07) is 0. The summed E-state index contributed by atoms with van der Waals surface area (Å²) in [5.74, 6) is 2.91. The number of terminal acetylenes is 1. The van der Waals surface area contributed by atoms with E-state index >= 15 is 0 Å². The van der Waals surface area contributed by atoms with Crippen LogP contribution < -0.4 is 0 Å². The van der Waals surface area contributed by atoms with Gasteiger partial charge in [-0.15, -0.1) is 12.3 Å². The Hall–Kier alpha value is -0.480. The molecule has 0 heterocycles. The van der Waals surface area contributed by atoms with Crippen molar-refractivity contribution < 1.29 is 5.11 Å². The molecule has 1 unspecified atom stereocenters. The first kappa shape index (κ1) is 7.52. The van der Waals surface area contributed by atoms with Crippen LogP contribution in [0.25, 0.3) is 0 Å². The summed E-state index contributed by atoms with van der Waals surface area (Å²) >= 11 is 0. The predicted octanol–water partition coefficient (Wildman–Crippen LogP) is 1.03. The fraction of sp³-hybridized carbons (Fsp3) is 0.714. The molecule has 0 aromatic heterocycles. The van der Waals surface area contributed by atoms with E-state index in [-0.39, 0.29) is 6.61 Å². The van der Waals surface area contributed by atoms with Gasteiger partial charge < -0.3 is 5.11 Å². The van der Waals surface area contributed by atoms with Gasteiger partial charge in [0.1, 0.15) is 0 Å². The summed E-state index contributed by atoms with van der Waals surface area (Å²) in [6.07, 6.45) is 6.84. The lowest BCUT2D eigenvalue weighted by Crippen LogP contribution is -1.91. The van der Waals surface area contributed by atoms with E-state index in [1.165, 1.54) is 0 Å². The lowest BCUT2D eigenvalue weighted by atomic mass is 10.1. The van der Waals surface area contributed by atoms with Crippen molar-refractivity contribution in [1.29, 1.82) is 0 Å². The largest absolute Gasteiger partial charge is 0.396 e. The van der Waals surface area contributed by atoms with Gasteiger partial charge in [0.05, 0.1) is 0 Å². The molecule has 0 saturated carbocycles. The molecular formula is C7H12O. The number of hydrogen-bond acceptors (Lipinski definition) is 1. The van der Waals surface area contributed by atoms with E-state index in [9.17, 15) is 0 Å². The summed E-state index contributed by atoms with van der Waals surface area (Å²) in [5, 5.41) is 8.34. The van der Waals surface area contributed by atoms with Crippen molar-refractivity contribution in [3.05, 3.63) is 0 Å². The van der Waals surface area contributed by atoms with Crippen LogP contribution in [-0.2, 0) is 0 Å². The minimum Gasteiger partial charge on any atom is -0.396 e. The van der Waals surface area contributed by atoms with Gasteiger partial charge in [0.2, 0.25) is 0 Å². The molecule has 0 saturated heterocycles. The van der Waals surface area contributed by atoms with E-state index in [2.05, 4.69) is 5.92 Å². The van der Waals surface area contributed by atoms with Gasteiger partial charge in [0.25, 0.3) is 0 Å². The average Bonchev–Trinajstić information content (AvgIpc) is 1.83. The van der Waals surface area contributed by atoms with Crippen LogP contribution in [0.1, 0.15) is 19.8 Å². The summed E-state index contributed by atoms with van der Waals surface area (Å²) in [4.78, 5) is 0. The fourth-order valence-electron chi connectivity index (χ4n) is 0.481. The van der Waals surface area contributed by atoms with E-state index in [4.69, 9.17) is 11.5 Å². The third-order valence-corrected chi connectivity index (χ3v) is 1.08. The molecule has 0 fully saturated rings. The molecule has 0 aliphatic rings. The van der Waals surface area contributed by atoms with Crippen LogP contribution in [0.5, 0.6) is 0 Å². The summed E-state index contributed by atoms with van der Waals surface area (Å²) in [7, 11) is 0. The Kier molecular flexibility index (Phi) is 4.39. The molecule has 0 spiro atoms. The van der Waals surface area contributed by atoms with Crippen LogP contribution in [-0.4, -0.2) is 11.7 Å². The molecule has 0 radical (unpaired) electrons. The lowest BCUT2D eigenvalue weighted by Gasteiger charge is -1.98. The van der Waals surface area contributed by atoms with Gasteiger partial charge in [-0.1, -0.05) is 6.92 Å². The van der Waals surface area contributed by atoms with E-state index in [0.29, 0.717) is 5.92 Å². The molecule has 0 aliphatic carbocycles. The zero-order valence-corrected chi connectivity index (χ0v) is 5.22. The first-order chi connectivity index (χ1) is 3.81. The van der Waals surface area contributed by atoms with Crippen LogP contribution in [0, 0.1) is 18.3 Å². The van der Waals surface area contributed by atoms with Crippen molar-refractivity contribution in [3.8, 4) is 12.3 Å². The van der Waals surface area contributed by atoms with E-state index < -0.39 is 0 Å². The van der Waals surface area contributed by atoms with E-state index in [1.807, 2.05) is 6.92 Å². The quantitative estimate of drug-likeness (QED) is 0.540. The van der Waals surface area contributed by atoms with Crippen molar-refractivity contribution in [3.63, 3.8) is 0 Å². The van der Waals surface area contributed by atoms with Crippen molar-refractivity contribution in [2.45, 2.75) is 19.8 Å². The molecule has 1 heteroatoms. The zero-order valence-electron chi connectivity index (χ0n) is 5.22. The number of aliphatic hydroxyl groups excluding tert-OH is 1. The number of aliphatic hydroxyl groups is 1. The first-order valence-corrected chi connectivity index (χ1v) is 2.88. The van der Waals surface area contributed by atoms with Crippen LogP contribution >= 0.6 is 0 Å². The Morgan fingerprint density at radius 1 is 1.75 bits per heavy atom. The molecule has 0 bridgehead atoms. The van der Waals surface area contributed by atoms with Crippen LogP contribution in [0.2, 0.25) is 0 Å². The van der Waals surface area contributed by atoms with E-state index in [0.717, 1.165) is 12.8 Å². The van der Waals surface area contributed by atoms with Crippen molar-refractivity contribution in [2.24, 2.45) is 5.92 Å². The maximum atomic E-state index is 8.34. The monoisotopic (exact) mass is 112 g/mol. The fourth-order valence-corrected chi connectivity index (χ4v) is 0.481. The molecule has 1 N–H and O–H groups in total. The highest BCUT2D eigenvalue weighted by Crippen LogP contribution is 2.01. The van der Waals surface area contributed by atoms with Gasteiger partial charge in [-0.3, -0.25) is 0 Å². The lowest BCUT2D eigenvalue weighted by molar-refractivity contribution is 0.279. The zero-order chi connectivity index (χ0) is 6.41. The third kappa shape index (κ3) is 3.70. The van der Waals surface area contributed by atoms with Crippen molar-refractivity contribution in [1.82, 2.24) is 0 Å². The second-order valence-electron chi connectivity index (χ2n) is 1.93. The number of hydrogen-bond donors (Lipinski definition) is 1. The summed E-state index contributed by atoms with van der Waals surface area (Å²) in [6.45, 7) is 2.24. The average molecular weight is 112 g/mol. The Bertz CT molecular complexity index is 80.9. The van der Waals surface area contributed by atoms with Crippen molar-refractivity contribution in [2.75, 3.05) is 6.61 Å². The standard InChI is InChI=1S/C7H12O/c1-3-7(2)5-4-6-8/h1,7-8H,4-6H2,2H3. The maximum absolute atomic E-state index is 8.34.